The lowest BCUT2D eigenvalue weighted by atomic mass is 10.1. The second kappa shape index (κ2) is 5.57. The van der Waals surface area contributed by atoms with E-state index >= 15 is 0 Å². The van der Waals surface area contributed by atoms with Crippen molar-refractivity contribution in [1.82, 2.24) is 4.98 Å². The van der Waals surface area contributed by atoms with Crippen molar-refractivity contribution in [3.8, 4) is 5.75 Å². The Labute approximate surface area is 135 Å². The van der Waals surface area contributed by atoms with E-state index < -0.39 is 0 Å². The molecule has 0 spiro atoms. The van der Waals surface area contributed by atoms with Crippen LogP contribution in [-0.4, -0.2) is 29.4 Å². The van der Waals surface area contributed by atoms with Crippen LogP contribution < -0.4 is 4.90 Å². The lowest BCUT2D eigenvalue weighted by Gasteiger charge is -2.26. The molecule has 2 aliphatic heterocycles. The Kier molecular flexibility index (Phi) is 3.41. The molecule has 2 aromatic rings. The zero-order valence-corrected chi connectivity index (χ0v) is 13.1. The predicted molar refractivity (Wildman–Crippen MR) is 91.4 cm³/mol. The molecule has 0 unspecified atom stereocenters. The third kappa shape index (κ3) is 2.42. The van der Waals surface area contributed by atoms with E-state index in [9.17, 15) is 5.11 Å². The number of hydrogen-bond donors (Lipinski definition) is 1. The van der Waals surface area contributed by atoms with E-state index in [0.29, 0.717) is 11.6 Å². The van der Waals surface area contributed by atoms with E-state index in [0.717, 1.165) is 35.7 Å². The van der Waals surface area contributed by atoms with Gasteiger partial charge in [0.25, 0.3) is 0 Å². The van der Waals surface area contributed by atoms with Crippen molar-refractivity contribution >= 4 is 29.6 Å². The third-order valence-electron chi connectivity index (χ3n) is 4.47. The molecule has 5 nitrogen and oxygen atoms in total. The molecule has 2 aromatic heterocycles. The van der Waals surface area contributed by atoms with Crippen molar-refractivity contribution in [2.75, 3.05) is 18.0 Å². The highest BCUT2D eigenvalue weighted by Gasteiger charge is 2.23. The molecule has 1 fully saturated rings. The van der Waals surface area contributed by atoms with Crippen molar-refractivity contribution < 1.29 is 9.52 Å². The fourth-order valence-corrected chi connectivity index (χ4v) is 3.19. The van der Waals surface area contributed by atoms with Gasteiger partial charge < -0.3 is 14.4 Å². The minimum atomic E-state index is 0.212. The molecule has 4 rings (SSSR count). The van der Waals surface area contributed by atoms with Gasteiger partial charge in [-0.05, 0) is 44.4 Å². The van der Waals surface area contributed by atoms with Gasteiger partial charge in [-0.2, -0.15) is 0 Å². The Hall–Kier alpha value is -2.56. The maximum Gasteiger partial charge on any atom is 0.203 e. The predicted octanol–water partition coefficient (Wildman–Crippen LogP) is 3.94. The number of anilines is 1. The highest BCUT2D eigenvalue weighted by atomic mass is 16.4. The second-order valence-electron chi connectivity index (χ2n) is 6.03. The van der Waals surface area contributed by atoms with Gasteiger partial charge in [-0.1, -0.05) is 0 Å². The first-order valence-electron chi connectivity index (χ1n) is 8.02. The van der Waals surface area contributed by atoms with Crippen LogP contribution in [0.25, 0.3) is 11.6 Å². The molecular weight excluding hydrogens is 290 g/mol. The van der Waals surface area contributed by atoms with E-state index in [2.05, 4.69) is 14.9 Å². The topological polar surface area (TPSA) is 61.9 Å². The number of allylic oxidation sites excluding steroid dienone is 1. The first-order valence-corrected chi connectivity index (χ1v) is 8.02. The van der Waals surface area contributed by atoms with Gasteiger partial charge in [-0.15, -0.1) is 0 Å². The molecule has 4 heterocycles. The average Bonchev–Trinajstić information content (AvgIpc) is 3.13. The first kappa shape index (κ1) is 14.1. The van der Waals surface area contributed by atoms with Crippen LogP contribution in [0, 0.1) is 6.92 Å². The molecule has 0 saturated carbocycles. The van der Waals surface area contributed by atoms with Crippen LogP contribution in [0.3, 0.4) is 0 Å². The summed E-state index contributed by atoms with van der Waals surface area (Å²) >= 11 is 0. The largest absolute Gasteiger partial charge is 0.504 e. The third-order valence-corrected chi connectivity index (χ3v) is 4.47. The van der Waals surface area contributed by atoms with Gasteiger partial charge in [0.1, 0.15) is 0 Å². The summed E-state index contributed by atoms with van der Waals surface area (Å²) in [5.74, 6) is 2.19. The molecule has 1 saturated heterocycles. The van der Waals surface area contributed by atoms with Crippen molar-refractivity contribution in [3.05, 3.63) is 35.2 Å². The number of aliphatic imine (C=N–C) groups is 1. The Morgan fingerprint density at radius 3 is 2.91 bits per heavy atom. The number of nitrogens with zero attached hydrogens (tertiary/aromatic N) is 3. The van der Waals surface area contributed by atoms with Crippen LogP contribution in [-0.2, 0) is 0 Å². The molecule has 5 heteroatoms. The van der Waals surface area contributed by atoms with Gasteiger partial charge in [0, 0.05) is 36.6 Å². The number of hydrogen-bond acceptors (Lipinski definition) is 5. The molecule has 0 bridgehead atoms. The minimum absolute atomic E-state index is 0.212. The monoisotopic (exact) mass is 309 g/mol. The number of aromatic nitrogens is 1. The first-order chi connectivity index (χ1) is 11.2. The number of pyridine rings is 1. The summed E-state index contributed by atoms with van der Waals surface area (Å²) in [6.07, 6.45) is 8.93. The summed E-state index contributed by atoms with van der Waals surface area (Å²) in [7, 11) is 0. The summed E-state index contributed by atoms with van der Waals surface area (Å²) in [5, 5.41) is 10.4. The maximum absolute atomic E-state index is 10.4. The fourth-order valence-electron chi connectivity index (χ4n) is 3.19. The van der Waals surface area contributed by atoms with Crippen molar-refractivity contribution in [2.45, 2.75) is 26.2 Å². The quantitative estimate of drug-likeness (QED) is 0.913. The number of furan rings is 1. The Balaban J connectivity index is 1.71. The summed E-state index contributed by atoms with van der Waals surface area (Å²) in [6, 6.07) is 3.85. The molecule has 2 aliphatic rings. The maximum atomic E-state index is 10.4. The van der Waals surface area contributed by atoms with E-state index in [4.69, 9.17) is 4.42 Å². The summed E-state index contributed by atoms with van der Waals surface area (Å²) in [5.41, 5.74) is 2.67. The standard InChI is InChI=1S/C18H19N3O2/c1-12-16(22)15(23-18(12)21-8-3-2-4-9-21)10-13-11-20-17-14(13)6-5-7-19-17/h5-7,10-11,22H,2-4,8-9H2,1H3. The highest BCUT2D eigenvalue weighted by Crippen LogP contribution is 2.39. The van der Waals surface area contributed by atoms with Crippen molar-refractivity contribution in [3.63, 3.8) is 0 Å². The van der Waals surface area contributed by atoms with Gasteiger partial charge >= 0.3 is 0 Å². The van der Waals surface area contributed by atoms with Crippen LogP contribution in [0.15, 0.2) is 27.7 Å². The van der Waals surface area contributed by atoms with Crippen LogP contribution in [0.1, 0.15) is 36.1 Å². The molecule has 0 aromatic carbocycles. The normalized spacial score (nSPS) is 18.7. The molecule has 0 amide bonds. The summed E-state index contributed by atoms with van der Waals surface area (Å²) in [4.78, 5) is 10.7. The molecule has 0 atom stereocenters. The molecule has 0 radical (unpaired) electrons. The van der Waals surface area contributed by atoms with E-state index in [1.807, 2.05) is 25.1 Å². The number of fused-ring (bicyclic) bond motifs is 1. The van der Waals surface area contributed by atoms with E-state index in [-0.39, 0.29) is 5.75 Å². The van der Waals surface area contributed by atoms with Gasteiger partial charge in [-0.3, -0.25) is 0 Å². The highest BCUT2D eigenvalue weighted by molar-refractivity contribution is 6.20. The lowest BCUT2D eigenvalue weighted by Crippen LogP contribution is -2.29. The van der Waals surface area contributed by atoms with Gasteiger partial charge in [0.05, 0.1) is 5.56 Å². The van der Waals surface area contributed by atoms with Crippen LogP contribution in [0.2, 0.25) is 0 Å². The van der Waals surface area contributed by atoms with Crippen LogP contribution >= 0.6 is 0 Å². The zero-order chi connectivity index (χ0) is 15.8. The van der Waals surface area contributed by atoms with Crippen molar-refractivity contribution in [2.24, 2.45) is 4.99 Å². The van der Waals surface area contributed by atoms with Crippen LogP contribution in [0.4, 0.5) is 11.7 Å². The number of piperidine rings is 1. The van der Waals surface area contributed by atoms with Crippen molar-refractivity contribution in [1.29, 1.82) is 0 Å². The average molecular weight is 309 g/mol. The molecule has 118 valence electrons. The molecule has 0 aliphatic carbocycles. The Bertz CT molecular complexity index is 799. The molecular formula is C18H19N3O2. The van der Waals surface area contributed by atoms with E-state index in [1.165, 1.54) is 19.3 Å². The fraction of sp³-hybridized carbons (Fsp3) is 0.333. The number of rotatable bonds is 2. The van der Waals surface area contributed by atoms with Gasteiger partial charge in [0.2, 0.25) is 5.88 Å². The van der Waals surface area contributed by atoms with Gasteiger partial charge in [-0.25, -0.2) is 9.98 Å². The smallest absolute Gasteiger partial charge is 0.203 e. The van der Waals surface area contributed by atoms with Gasteiger partial charge in [0.15, 0.2) is 17.3 Å². The molecule has 1 N–H and O–H groups in total. The van der Waals surface area contributed by atoms with E-state index in [1.54, 1.807) is 12.4 Å². The SMILES string of the molecule is Cc1c(N2CCCCC2)oc(C=C2C=Nc3ncccc32)c1O. The Morgan fingerprint density at radius 1 is 1.26 bits per heavy atom. The lowest BCUT2D eigenvalue weighted by molar-refractivity contribution is 0.448. The summed E-state index contributed by atoms with van der Waals surface area (Å²) < 4.78 is 5.98. The summed E-state index contributed by atoms with van der Waals surface area (Å²) in [6.45, 7) is 3.87. The minimum Gasteiger partial charge on any atom is -0.504 e. The van der Waals surface area contributed by atoms with Crippen LogP contribution in [0.5, 0.6) is 5.75 Å². The Morgan fingerprint density at radius 2 is 2.09 bits per heavy atom. The second-order valence-corrected chi connectivity index (χ2v) is 6.03. The number of aromatic hydroxyl groups is 1. The zero-order valence-electron chi connectivity index (χ0n) is 13.1. The molecule has 23 heavy (non-hydrogen) atoms.